The molecule has 21 heavy (non-hydrogen) atoms. The van der Waals surface area contributed by atoms with Crippen molar-refractivity contribution < 1.29 is 4.39 Å². The quantitative estimate of drug-likeness (QED) is 0.752. The predicted molar refractivity (Wildman–Crippen MR) is 86.0 cm³/mol. The second-order valence-corrected chi connectivity index (χ2v) is 5.98. The van der Waals surface area contributed by atoms with E-state index >= 15 is 0 Å². The van der Waals surface area contributed by atoms with E-state index in [0.29, 0.717) is 24.3 Å². The van der Waals surface area contributed by atoms with E-state index < -0.39 is 0 Å². The van der Waals surface area contributed by atoms with Crippen molar-refractivity contribution >= 4 is 5.82 Å². The summed E-state index contributed by atoms with van der Waals surface area (Å²) >= 11 is 0. The molecule has 0 amide bonds. The number of nitrogens with zero attached hydrogens (tertiary/aromatic N) is 2. The van der Waals surface area contributed by atoms with Crippen LogP contribution in [-0.4, -0.2) is 24.1 Å². The molecular weight excluding hydrogens is 265 g/mol. The van der Waals surface area contributed by atoms with Gasteiger partial charge in [-0.25, -0.2) is 9.37 Å². The third-order valence-corrected chi connectivity index (χ3v) is 4.42. The number of nitrogens with one attached hydrogen (secondary N) is 1. The van der Waals surface area contributed by atoms with Crippen LogP contribution in [0.25, 0.3) is 0 Å². The van der Waals surface area contributed by atoms with E-state index in [1.165, 1.54) is 12.8 Å². The summed E-state index contributed by atoms with van der Waals surface area (Å²) in [7, 11) is 0. The van der Waals surface area contributed by atoms with Crippen LogP contribution in [0.2, 0.25) is 0 Å². The number of halogens is 1. The lowest BCUT2D eigenvalue weighted by atomic mass is 10.0. The molecule has 0 saturated heterocycles. The van der Waals surface area contributed by atoms with Gasteiger partial charge < -0.3 is 10.2 Å². The summed E-state index contributed by atoms with van der Waals surface area (Å²) in [5.74, 6) is 0.956. The number of hydrogen-bond acceptors (Lipinski definition) is 3. The number of rotatable bonds is 9. The van der Waals surface area contributed by atoms with E-state index in [1.54, 1.807) is 12.3 Å². The Morgan fingerprint density at radius 3 is 2.62 bits per heavy atom. The first-order valence-electron chi connectivity index (χ1n) is 8.31. The van der Waals surface area contributed by atoms with E-state index in [9.17, 15) is 4.39 Å². The van der Waals surface area contributed by atoms with Crippen LogP contribution in [0.15, 0.2) is 12.3 Å². The van der Waals surface area contributed by atoms with Gasteiger partial charge in [-0.1, -0.05) is 26.7 Å². The van der Waals surface area contributed by atoms with Crippen molar-refractivity contribution in [1.29, 1.82) is 0 Å². The summed E-state index contributed by atoms with van der Waals surface area (Å²) in [6.07, 6.45) is 6.41. The first-order chi connectivity index (χ1) is 10.2. The van der Waals surface area contributed by atoms with E-state index in [2.05, 4.69) is 36.0 Å². The van der Waals surface area contributed by atoms with Crippen LogP contribution in [0.5, 0.6) is 0 Å². The smallest absolute Gasteiger partial charge is 0.170 e. The highest BCUT2D eigenvalue weighted by molar-refractivity contribution is 5.43. The Morgan fingerprint density at radius 1 is 1.33 bits per heavy atom. The van der Waals surface area contributed by atoms with Gasteiger partial charge in [0, 0.05) is 37.4 Å². The summed E-state index contributed by atoms with van der Waals surface area (Å²) in [5, 5.41) is 3.37. The molecule has 1 aliphatic carbocycles. The standard InChI is InChI=1S/C17H28FN3/c1-4-13(5-2)12-21(6-3)17-16(18)14(9-10-19-17)11-20-15-7-8-15/h9-10,13,15,20H,4-8,11-12H2,1-3H3. The van der Waals surface area contributed by atoms with Gasteiger partial charge in [-0.05, 0) is 31.7 Å². The number of anilines is 1. The molecule has 0 aliphatic heterocycles. The van der Waals surface area contributed by atoms with E-state index in [-0.39, 0.29) is 5.82 Å². The number of pyridine rings is 1. The van der Waals surface area contributed by atoms with Crippen molar-refractivity contribution in [2.24, 2.45) is 5.92 Å². The third-order valence-electron chi connectivity index (χ3n) is 4.42. The van der Waals surface area contributed by atoms with E-state index in [1.807, 2.05) is 0 Å². The molecule has 0 unspecified atom stereocenters. The van der Waals surface area contributed by atoms with E-state index in [4.69, 9.17) is 0 Å². The molecule has 118 valence electrons. The van der Waals surface area contributed by atoms with Gasteiger partial charge >= 0.3 is 0 Å². The Labute approximate surface area is 127 Å². The maximum absolute atomic E-state index is 14.7. The van der Waals surface area contributed by atoms with Gasteiger partial charge in [0.15, 0.2) is 11.6 Å². The molecule has 0 atom stereocenters. The predicted octanol–water partition coefficient (Wildman–Crippen LogP) is 3.74. The maximum atomic E-state index is 14.7. The molecule has 0 aromatic carbocycles. The fourth-order valence-corrected chi connectivity index (χ4v) is 2.59. The normalized spacial score (nSPS) is 14.7. The molecule has 0 radical (unpaired) electrons. The lowest BCUT2D eigenvalue weighted by Gasteiger charge is -2.27. The average Bonchev–Trinajstić information content (AvgIpc) is 3.32. The fourth-order valence-electron chi connectivity index (χ4n) is 2.59. The zero-order valence-electron chi connectivity index (χ0n) is 13.5. The maximum Gasteiger partial charge on any atom is 0.170 e. The average molecular weight is 293 g/mol. The molecule has 1 N–H and O–H groups in total. The van der Waals surface area contributed by atoms with Gasteiger partial charge in [0.25, 0.3) is 0 Å². The zero-order chi connectivity index (χ0) is 15.2. The molecule has 2 rings (SSSR count). The largest absolute Gasteiger partial charge is 0.354 e. The lowest BCUT2D eigenvalue weighted by molar-refractivity contribution is 0.478. The molecule has 1 fully saturated rings. The molecule has 4 heteroatoms. The number of aromatic nitrogens is 1. The number of hydrogen-bond donors (Lipinski definition) is 1. The van der Waals surface area contributed by atoms with Crippen molar-refractivity contribution in [2.75, 3.05) is 18.0 Å². The van der Waals surface area contributed by atoms with Crippen LogP contribution < -0.4 is 10.2 Å². The minimum Gasteiger partial charge on any atom is -0.354 e. The monoisotopic (exact) mass is 293 g/mol. The first kappa shape index (κ1) is 16.2. The molecule has 1 aliphatic rings. The topological polar surface area (TPSA) is 28.2 Å². The summed E-state index contributed by atoms with van der Waals surface area (Å²) in [6.45, 7) is 8.74. The SMILES string of the molecule is CCC(CC)CN(CC)c1nccc(CNC2CC2)c1F. The summed E-state index contributed by atoms with van der Waals surface area (Å²) < 4.78 is 14.7. The van der Waals surface area contributed by atoms with Crippen molar-refractivity contribution in [3.05, 3.63) is 23.6 Å². The minimum atomic E-state index is -0.154. The molecular formula is C17H28FN3. The Balaban J connectivity index is 2.09. The van der Waals surface area contributed by atoms with E-state index in [0.717, 1.165) is 31.5 Å². The lowest BCUT2D eigenvalue weighted by Crippen LogP contribution is -2.31. The minimum absolute atomic E-state index is 0.154. The van der Waals surface area contributed by atoms with Crippen LogP contribution >= 0.6 is 0 Å². The summed E-state index contributed by atoms with van der Waals surface area (Å²) in [4.78, 5) is 6.37. The highest BCUT2D eigenvalue weighted by Gasteiger charge is 2.22. The Morgan fingerprint density at radius 2 is 2.05 bits per heavy atom. The van der Waals surface area contributed by atoms with Crippen LogP contribution in [0.1, 0.15) is 52.0 Å². The van der Waals surface area contributed by atoms with Gasteiger partial charge in [0.1, 0.15) is 0 Å². The molecule has 1 aromatic rings. The van der Waals surface area contributed by atoms with Gasteiger partial charge in [0.2, 0.25) is 0 Å². The van der Waals surface area contributed by atoms with Gasteiger partial charge in [0.05, 0.1) is 0 Å². The second-order valence-electron chi connectivity index (χ2n) is 5.98. The molecule has 0 bridgehead atoms. The van der Waals surface area contributed by atoms with Crippen molar-refractivity contribution in [1.82, 2.24) is 10.3 Å². The fraction of sp³-hybridized carbons (Fsp3) is 0.706. The van der Waals surface area contributed by atoms with Gasteiger partial charge in [-0.2, -0.15) is 0 Å². The molecule has 1 heterocycles. The van der Waals surface area contributed by atoms with Crippen LogP contribution in [0.3, 0.4) is 0 Å². The zero-order valence-corrected chi connectivity index (χ0v) is 13.5. The highest BCUT2D eigenvalue weighted by Crippen LogP contribution is 2.24. The van der Waals surface area contributed by atoms with Crippen molar-refractivity contribution in [2.45, 2.75) is 59.0 Å². The molecule has 0 spiro atoms. The molecule has 3 nitrogen and oxygen atoms in total. The molecule has 1 saturated carbocycles. The Kier molecular flexibility index (Phi) is 5.97. The third kappa shape index (κ3) is 4.40. The highest BCUT2D eigenvalue weighted by atomic mass is 19.1. The van der Waals surface area contributed by atoms with Crippen molar-refractivity contribution in [3.63, 3.8) is 0 Å². The Bertz CT molecular complexity index is 442. The summed E-state index contributed by atoms with van der Waals surface area (Å²) in [6, 6.07) is 2.38. The van der Waals surface area contributed by atoms with Crippen LogP contribution in [-0.2, 0) is 6.54 Å². The Hall–Kier alpha value is -1.16. The first-order valence-corrected chi connectivity index (χ1v) is 8.31. The van der Waals surface area contributed by atoms with Gasteiger partial charge in [-0.3, -0.25) is 0 Å². The second kappa shape index (κ2) is 7.74. The summed E-state index contributed by atoms with van der Waals surface area (Å²) in [5.41, 5.74) is 0.731. The van der Waals surface area contributed by atoms with Crippen molar-refractivity contribution in [3.8, 4) is 0 Å². The van der Waals surface area contributed by atoms with Gasteiger partial charge in [-0.15, -0.1) is 0 Å². The van der Waals surface area contributed by atoms with Crippen LogP contribution in [0, 0.1) is 11.7 Å². The van der Waals surface area contributed by atoms with Crippen LogP contribution in [0.4, 0.5) is 10.2 Å². The molecule has 1 aromatic heterocycles.